The van der Waals surface area contributed by atoms with Crippen LogP contribution < -0.4 is 10.6 Å². The summed E-state index contributed by atoms with van der Waals surface area (Å²) in [5.74, 6) is 0.893. The molecule has 7 heteroatoms. The molecule has 2 N–H and O–H groups in total. The third-order valence-electron chi connectivity index (χ3n) is 3.44. The largest absolute Gasteiger partial charge is 0.361 e. The van der Waals surface area contributed by atoms with Crippen LogP contribution in [-0.2, 0) is 7.05 Å². The molecule has 23 heavy (non-hydrogen) atoms. The van der Waals surface area contributed by atoms with Crippen LogP contribution in [0.25, 0.3) is 0 Å². The number of nitrogens with one attached hydrogen (secondary N) is 2. The van der Waals surface area contributed by atoms with Crippen molar-refractivity contribution in [3.8, 4) is 0 Å². The van der Waals surface area contributed by atoms with Gasteiger partial charge in [0, 0.05) is 37.6 Å². The van der Waals surface area contributed by atoms with E-state index in [2.05, 4.69) is 20.5 Å². The highest BCUT2D eigenvalue weighted by Crippen LogP contribution is 2.22. The molecule has 124 valence electrons. The van der Waals surface area contributed by atoms with Crippen LogP contribution in [0.1, 0.15) is 17.4 Å². The van der Waals surface area contributed by atoms with Gasteiger partial charge in [0.2, 0.25) is 0 Å². The lowest BCUT2D eigenvalue weighted by molar-refractivity contribution is 0.412. The first-order valence-corrected chi connectivity index (χ1v) is 8.18. The van der Waals surface area contributed by atoms with Gasteiger partial charge in [-0.2, -0.15) is 0 Å². The second-order valence-corrected chi connectivity index (χ2v) is 6.43. The Morgan fingerprint density at radius 1 is 1.35 bits per heavy atom. The van der Waals surface area contributed by atoms with Crippen LogP contribution in [0.3, 0.4) is 0 Å². The van der Waals surface area contributed by atoms with E-state index >= 15 is 0 Å². The summed E-state index contributed by atoms with van der Waals surface area (Å²) in [4.78, 5) is 6.55. The van der Waals surface area contributed by atoms with Crippen molar-refractivity contribution in [1.82, 2.24) is 25.1 Å². The molecule has 0 aliphatic rings. The maximum absolute atomic E-state index is 5.99. The second-order valence-electron chi connectivity index (χ2n) is 5.58. The van der Waals surface area contributed by atoms with Crippen molar-refractivity contribution in [2.24, 2.45) is 7.05 Å². The molecule has 1 aromatic carbocycles. The predicted molar refractivity (Wildman–Crippen MR) is 98.8 cm³/mol. The molecule has 1 aromatic heterocycles. The molecule has 0 saturated heterocycles. The van der Waals surface area contributed by atoms with E-state index in [9.17, 15) is 0 Å². The lowest BCUT2D eigenvalue weighted by Crippen LogP contribution is -2.41. The molecular weight excluding hydrogens is 330 g/mol. The number of rotatable bonds is 6. The molecule has 0 unspecified atom stereocenters. The van der Waals surface area contributed by atoms with E-state index < -0.39 is 0 Å². The molecule has 0 saturated carbocycles. The Morgan fingerprint density at radius 2 is 2.04 bits per heavy atom. The molecule has 0 fully saturated rings. The summed E-state index contributed by atoms with van der Waals surface area (Å²) in [5, 5.41) is 7.88. The summed E-state index contributed by atoms with van der Waals surface area (Å²) in [6.45, 7) is 1.70. The van der Waals surface area contributed by atoms with Crippen molar-refractivity contribution in [2.45, 2.75) is 6.04 Å². The average molecular weight is 352 g/mol. The first-order valence-electron chi connectivity index (χ1n) is 7.39. The van der Waals surface area contributed by atoms with Crippen LogP contribution in [0.15, 0.2) is 36.7 Å². The second kappa shape index (κ2) is 8.29. The first-order chi connectivity index (χ1) is 11.0. The summed E-state index contributed by atoms with van der Waals surface area (Å²) in [6.07, 6.45) is 3.70. The fourth-order valence-corrected chi connectivity index (χ4v) is 2.53. The minimum atomic E-state index is -0.133. The standard InChI is InChI=1S/C16H22ClN5S/c1-21(2)10-8-19-16(23)20-14(15-18-9-11-22(15)3)12-4-6-13(17)7-5-12/h4-7,9,11,14H,8,10H2,1-3H3,(H2,19,20,23)/t14-/m1/s1. The number of aromatic nitrogens is 2. The molecule has 0 spiro atoms. The van der Waals surface area contributed by atoms with E-state index in [1.165, 1.54) is 0 Å². The van der Waals surface area contributed by atoms with Gasteiger partial charge >= 0.3 is 0 Å². The van der Waals surface area contributed by atoms with E-state index in [0.717, 1.165) is 24.5 Å². The number of hydrogen-bond acceptors (Lipinski definition) is 3. The molecule has 0 aliphatic carbocycles. The molecule has 0 bridgehead atoms. The molecule has 5 nitrogen and oxygen atoms in total. The zero-order chi connectivity index (χ0) is 16.8. The van der Waals surface area contributed by atoms with Gasteiger partial charge in [-0.3, -0.25) is 0 Å². The lowest BCUT2D eigenvalue weighted by Gasteiger charge is -2.22. The Labute approximate surface area is 147 Å². The molecule has 2 rings (SSSR count). The Morgan fingerprint density at radius 3 is 2.61 bits per heavy atom. The number of benzene rings is 1. The van der Waals surface area contributed by atoms with Gasteiger partial charge in [0.25, 0.3) is 0 Å². The Balaban J connectivity index is 2.13. The van der Waals surface area contributed by atoms with Gasteiger partial charge < -0.3 is 20.1 Å². The monoisotopic (exact) mass is 351 g/mol. The van der Waals surface area contributed by atoms with Crippen molar-refractivity contribution in [3.05, 3.63) is 53.1 Å². The van der Waals surface area contributed by atoms with Gasteiger partial charge in [-0.15, -0.1) is 0 Å². The molecule has 1 atom stereocenters. The van der Waals surface area contributed by atoms with E-state index in [4.69, 9.17) is 23.8 Å². The minimum Gasteiger partial charge on any atom is -0.361 e. The van der Waals surface area contributed by atoms with E-state index in [-0.39, 0.29) is 6.04 Å². The Kier molecular flexibility index (Phi) is 6.38. The van der Waals surface area contributed by atoms with Crippen LogP contribution >= 0.6 is 23.8 Å². The van der Waals surface area contributed by atoms with Gasteiger partial charge in [0.05, 0.1) is 0 Å². The maximum Gasteiger partial charge on any atom is 0.167 e. The number of aryl methyl sites for hydroxylation is 1. The summed E-state index contributed by atoms with van der Waals surface area (Å²) >= 11 is 11.4. The fraction of sp³-hybridized carbons (Fsp3) is 0.375. The number of halogens is 1. The van der Waals surface area contributed by atoms with Gasteiger partial charge in [0.15, 0.2) is 5.11 Å². The third-order valence-corrected chi connectivity index (χ3v) is 3.95. The number of hydrogen-bond donors (Lipinski definition) is 2. The normalized spacial score (nSPS) is 12.2. The van der Waals surface area contributed by atoms with Crippen molar-refractivity contribution >= 4 is 28.9 Å². The fourth-order valence-electron chi connectivity index (χ4n) is 2.18. The molecule has 0 radical (unpaired) electrons. The molecular formula is C16H22ClN5S. The molecule has 1 heterocycles. The number of likely N-dealkylation sites (N-methyl/N-ethyl adjacent to an activating group) is 1. The molecule has 0 amide bonds. The third kappa shape index (κ3) is 5.20. The number of imidazole rings is 1. The topological polar surface area (TPSA) is 45.1 Å². The van der Waals surface area contributed by atoms with Gasteiger partial charge in [-0.05, 0) is 44.0 Å². The van der Waals surface area contributed by atoms with Crippen molar-refractivity contribution in [3.63, 3.8) is 0 Å². The lowest BCUT2D eigenvalue weighted by atomic mass is 10.1. The molecule has 0 aliphatic heterocycles. The van der Waals surface area contributed by atoms with Crippen LogP contribution in [0.4, 0.5) is 0 Å². The van der Waals surface area contributed by atoms with Gasteiger partial charge in [-0.25, -0.2) is 4.98 Å². The van der Waals surface area contributed by atoms with E-state index in [1.54, 1.807) is 6.20 Å². The number of nitrogens with zero attached hydrogens (tertiary/aromatic N) is 3. The van der Waals surface area contributed by atoms with Crippen LogP contribution in [0, 0.1) is 0 Å². The van der Waals surface area contributed by atoms with E-state index in [0.29, 0.717) is 10.1 Å². The summed E-state index contributed by atoms with van der Waals surface area (Å²) in [6, 6.07) is 7.58. The van der Waals surface area contributed by atoms with Crippen molar-refractivity contribution in [1.29, 1.82) is 0 Å². The first kappa shape index (κ1) is 17.7. The zero-order valence-corrected chi connectivity index (χ0v) is 15.2. The highest BCUT2D eigenvalue weighted by atomic mass is 35.5. The number of thiocarbonyl (C=S) groups is 1. The highest BCUT2D eigenvalue weighted by Gasteiger charge is 2.19. The SMILES string of the molecule is CN(C)CCNC(=S)N[C@H](c1ccc(Cl)cc1)c1nccn1C. The summed E-state index contributed by atoms with van der Waals surface area (Å²) in [7, 11) is 6.03. The smallest absolute Gasteiger partial charge is 0.167 e. The van der Waals surface area contributed by atoms with Gasteiger partial charge in [-0.1, -0.05) is 23.7 Å². The minimum absolute atomic E-state index is 0.133. The maximum atomic E-state index is 5.99. The summed E-state index contributed by atoms with van der Waals surface area (Å²) in [5.41, 5.74) is 1.06. The molecule has 2 aromatic rings. The van der Waals surface area contributed by atoms with Crippen LogP contribution in [0.5, 0.6) is 0 Å². The van der Waals surface area contributed by atoms with Crippen LogP contribution in [-0.4, -0.2) is 46.7 Å². The Hall–Kier alpha value is -1.63. The predicted octanol–water partition coefficient (Wildman–Crippen LogP) is 2.19. The summed E-state index contributed by atoms with van der Waals surface area (Å²) < 4.78 is 1.98. The van der Waals surface area contributed by atoms with Gasteiger partial charge in [0.1, 0.15) is 11.9 Å². The van der Waals surface area contributed by atoms with Crippen LogP contribution in [0.2, 0.25) is 5.02 Å². The van der Waals surface area contributed by atoms with E-state index in [1.807, 2.05) is 56.2 Å². The quantitative estimate of drug-likeness (QED) is 0.781. The Bertz CT molecular complexity index is 638. The highest BCUT2D eigenvalue weighted by molar-refractivity contribution is 7.80. The zero-order valence-electron chi connectivity index (χ0n) is 13.6. The average Bonchev–Trinajstić information content (AvgIpc) is 2.91. The van der Waals surface area contributed by atoms with Crippen molar-refractivity contribution < 1.29 is 0 Å². The van der Waals surface area contributed by atoms with Crippen molar-refractivity contribution in [2.75, 3.05) is 27.2 Å².